The van der Waals surface area contributed by atoms with Gasteiger partial charge in [-0.2, -0.15) is 5.10 Å². The van der Waals surface area contributed by atoms with Crippen LogP contribution in [0.5, 0.6) is 0 Å². The monoisotopic (exact) mass is 364 g/mol. The topological polar surface area (TPSA) is 77.6 Å². The van der Waals surface area contributed by atoms with Crippen LogP contribution in [0.3, 0.4) is 0 Å². The highest BCUT2D eigenvalue weighted by molar-refractivity contribution is 6.31. The minimum Gasteiger partial charge on any atom is -0.292 e. The number of rotatable bonds is 5. The van der Waals surface area contributed by atoms with Crippen LogP contribution in [-0.2, 0) is 17.9 Å². The molecule has 1 amide bonds. The molecule has 7 nitrogen and oxygen atoms in total. The van der Waals surface area contributed by atoms with Gasteiger partial charge in [0.1, 0.15) is 12.9 Å². The SMILES string of the molecule is Cc1nn(CC(=O)Nc2ncn(Cc3ccc(Cl)cc3)n2)cc1Cl. The van der Waals surface area contributed by atoms with Crippen LogP contribution in [0.2, 0.25) is 10.0 Å². The molecule has 0 aliphatic rings. The van der Waals surface area contributed by atoms with Crippen molar-refractivity contribution in [3.8, 4) is 0 Å². The lowest BCUT2D eigenvalue weighted by Gasteiger charge is -2.02. The Morgan fingerprint density at radius 1 is 1.17 bits per heavy atom. The number of aromatic nitrogens is 5. The van der Waals surface area contributed by atoms with E-state index in [0.29, 0.717) is 22.3 Å². The largest absolute Gasteiger partial charge is 0.292 e. The van der Waals surface area contributed by atoms with Crippen molar-refractivity contribution >= 4 is 35.1 Å². The van der Waals surface area contributed by atoms with Crippen molar-refractivity contribution in [3.05, 3.63) is 58.1 Å². The first-order valence-corrected chi connectivity index (χ1v) is 7.88. The average Bonchev–Trinajstić information content (AvgIpc) is 3.08. The maximum Gasteiger partial charge on any atom is 0.248 e. The lowest BCUT2D eigenvalue weighted by Crippen LogP contribution is -2.20. The normalized spacial score (nSPS) is 10.8. The second-order valence-electron chi connectivity index (χ2n) is 5.20. The van der Waals surface area contributed by atoms with Crippen molar-refractivity contribution < 1.29 is 4.79 Å². The van der Waals surface area contributed by atoms with E-state index in [1.807, 2.05) is 24.3 Å². The Morgan fingerprint density at radius 3 is 2.58 bits per heavy atom. The van der Waals surface area contributed by atoms with Gasteiger partial charge in [-0.05, 0) is 24.6 Å². The van der Waals surface area contributed by atoms with Crippen molar-refractivity contribution in [3.63, 3.8) is 0 Å². The Kier molecular flexibility index (Phi) is 4.82. The number of aryl methyl sites for hydroxylation is 1. The molecular weight excluding hydrogens is 351 g/mol. The zero-order valence-electron chi connectivity index (χ0n) is 12.8. The van der Waals surface area contributed by atoms with Crippen molar-refractivity contribution in [2.75, 3.05) is 5.32 Å². The van der Waals surface area contributed by atoms with Crippen LogP contribution in [0.25, 0.3) is 0 Å². The van der Waals surface area contributed by atoms with E-state index in [1.54, 1.807) is 24.1 Å². The minimum atomic E-state index is -0.279. The van der Waals surface area contributed by atoms with Crippen LogP contribution >= 0.6 is 23.2 Å². The van der Waals surface area contributed by atoms with Gasteiger partial charge in [0.15, 0.2) is 0 Å². The summed E-state index contributed by atoms with van der Waals surface area (Å²) in [6, 6.07) is 7.44. The molecule has 0 saturated heterocycles. The van der Waals surface area contributed by atoms with Gasteiger partial charge in [-0.1, -0.05) is 35.3 Å². The molecule has 0 radical (unpaired) electrons. The predicted molar refractivity (Wildman–Crippen MR) is 91.2 cm³/mol. The molecular formula is C15H14Cl2N6O. The van der Waals surface area contributed by atoms with Crippen molar-refractivity contribution in [1.29, 1.82) is 0 Å². The summed E-state index contributed by atoms with van der Waals surface area (Å²) >= 11 is 11.8. The molecule has 0 fully saturated rings. The number of amides is 1. The highest BCUT2D eigenvalue weighted by Crippen LogP contribution is 2.12. The maximum atomic E-state index is 12.0. The molecule has 0 saturated carbocycles. The molecule has 0 aliphatic carbocycles. The Balaban J connectivity index is 1.59. The molecule has 0 bridgehead atoms. The zero-order chi connectivity index (χ0) is 17.1. The van der Waals surface area contributed by atoms with Gasteiger partial charge < -0.3 is 0 Å². The second kappa shape index (κ2) is 7.02. The highest BCUT2D eigenvalue weighted by atomic mass is 35.5. The molecule has 24 heavy (non-hydrogen) atoms. The van der Waals surface area contributed by atoms with E-state index in [4.69, 9.17) is 23.2 Å². The fourth-order valence-corrected chi connectivity index (χ4v) is 2.37. The Labute approximate surface area is 148 Å². The third kappa shape index (κ3) is 4.12. The molecule has 0 unspecified atom stereocenters. The van der Waals surface area contributed by atoms with Crippen LogP contribution in [0, 0.1) is 6.92 Å². The standard InChI is InChI=1S/C15H14Cl2N6O/c1-10-13(17)7-22(20-10)8-14(24)19-15-18-9-23(21-15)6-11-2-4-12(16)5-3-11/h2-5,7,9H,6,8H2,1H3,(H,19,21,24). The quantitative estimate of drug-likeness (QED) is 0.754. The molecule has 0 atom stereocenters. The first-order valence-electron chi connectivity index (χ1n) is 7.13. The van der Waals surface area contributed by atoms with Gasteiger partial charge in [0.25, 0.3) is 0 Å². The summed E-state index contributed by atoms with van der Waals surface area (Å²) in [5, 5.41) is 12.2. The third-order valence-electron chi connectivity index (χ3n) is 3.24. The molecule has 3 aromatic rings. The van der Waals surface area contributed by atoms with E-state index in [9.17, 15) is 4.79 Å². The van der Waals surface area contributed by atoms with Gasteiger partial charge in [0.2, 0.25) is 11.9 Å². The van der Waals surface area contributed by atoms with Crippen molar-refractivity contribution in [2.45, 2.75) is 20.0 Å². The first-order chi connectivity index (χ1) is 11.5. The van der Waals surface area contributed by atoms with E-state index in [-0.39, 0.29) is 18.4 Å². The van der Waals surface area contributed by atoms with Gasteiger partial charge in [-0.15, -0.1) is 5.10 Å². The van der Waals surface area contributed by atoms with Crippen LogP contribution in [-0.4, -0.2) is 30.5 Å². The summed E-state index contributed by atoms with van der Waals surface area (Å²) in [4.78, 5) is 16.1. The van der Waals surface area contributed by atoms with Gasteiger partial charge in [0, 0.05) is 11.2 Å². The molecule has 124 valence electrons. The summed E-state index contributed by atoms with van der Waals surface area (Å²) in [6.45, 7) is 2.35. The molecule has 2 heterocycles. The van der Waals surface area contributed by atoms with Crippen LogP contribution in [0.4, 0.5) is 5.95 Å². The summed E-state index contributed by atoms with van der Waals surface area (Å²) in [7, 11) is 0. The lowest BCUT2D eigenvalue weighted by molar-refractivity contribution is -0.116. The minimum absolute atomic E-state index is 0.0410. The first kappa shape index (κ1) is 16.5. The molecule has 0 aliphatic heterocycles. The second-order valence-corrected chi connectivity index (χ2v) is 6.04. The lowest BCUT2D eigenvalue weighted by atomic mass is 10.2. The van der Waals surface area contributed by atoms with Gasteiger partial charge >= 0.3 is 0 Å². The molecule has 3 rings (SSSR count). The van der Waals surface area contributed by atoms with Crippen LogP contribution in [0.1, 0.15) is 11.3 Å². The van der Waals surface area contributed by atoms with Crippen molar-refractivity contribution in [2.24, 2.45) is 0 Å². The van der Waals surface area contributed by atoms with E-state index in [2.05, 4.69) is 20.5 Å². The number of nitrogens with zero attached hydrogens (tertiary/aromatic N) is 5. The van der Waals surface area contributed by atoms with E-state index >= 15 is 0 Å². The smallest absolute Gasteiger partial charge is 0.248 e. The summed E-state index contributed by atoms with van der Waals surface area (Å²) in [5.41, 5.74) is 1.71. The molecule has 1 N–H and O–H groups in total. The van der Waals surface area contributed by atoms with Gasteiger partial charge in [-0.3, -0.25) is 14.8 Å². The maximum absolute atomic E-state index is 12.0. The fraction of sp³-hybridized carbons (Fsp3) is 0.200. The summed E-state index contributed by atoms with van der Waals surface area (Å²) in [5.74, 6) is -0.0395. The van der Waals surface area contributed by atoms with Gasteiger partial charge in [0.05, 0.1) is 17.3 Å². The third-order valence-corrected chi connectivity index (χ3v) is 3.86. The predicted octanol–water partition coefficient (Wildman–Crippen LogP) is 2.78. The van der Waals surface area contributed by atoms with E-state index < -0.39 is 0 Å². The summed E-state index contributed by atoms with van der Waals surface area (Å²) in [6.07, 6.45) is 3.15. The van der Waals surface area contributed by atoms with Crippen LogP contribution < -0.4 is 5.32 Å². The van der Waals surface area contributed by atoms with Gasteiger partial charge in [-0.25, -0.2) is 9.67 Å². The zero-order valence-corrected chi connectivity index (χ0v) is 14.3. The molecule has 1 aromatic carbocycles. The molecule has 0 spiro atoms. The van der Waals surface area contributed by atoms with Crippen molar-refractivity contribution in [1.82, 2.24) is 24.5 Å². The van der Waals surface area contributed by atoms with Crippen LogP contribution in [0.15, 0.2) is 36.8 Å². The Bertz CT molecular complexity index is 836. The average molecular weight is 365 g/mol. The Morgan fingerprint density at radius 2 is 1.92 bits per heavy atom. The van der Waals surface area contributed by atoms with E-state index in [1.165, 1.54) is 4.68 Å². The number of hydrogen-bond donors (Lipinski definition) is 1. The number of benzene rings is 1. The summed E-state index contributed by atoms with van der Waals surface area (Å²) < 4.78 is 3.10. The number of carbonyl (C=O) groups excluding carboxylic acids is 1. The number of hydrogen-bond acceptors (Lipinski definition) is 4. The molecule has 9 heteroatoms. The number of anilines is 1. The van der Waals surface area contributed by atoms with E-state index in [0.717, 1.165) is 5.56 Å². The fourth-order valence-electron chi connectivity index (χ4n) is 2.09. The molecule has 2 aromatic heterocycles. The highest BCUT2D eigenvalue weighted by Gasteiger charge is 2.10. The Hall–Kier alpha value is -2.38. The number of nitrogens with one attached hydrogen (secondary N) is 1. The number of halogens is 2. The number of carbonyl (C=O) groups is 1.